The summed E-state index contributed by atoms with van der Waals surface area (Å²) in [6, 6.07) is 17.0. The summed E-state index contributed by atoms with van der Waals surface area (Å²) < 4.78 is 5.78. The zero-order valence-corrected chi connectivity index (χ0v) is 16.4. The molecule has 1 aliphatic carbocycles. The standard InChI is InChI=1S/C23H28N2O3/c1-18(26)25(17-23(27)24-19-9-5-2-3-6-10-19)20-13-15-22(16-14-20)28-21-11-7-4-8-12-21/h4,7-8,11-16,19H,2-3,5-6,9-10,17H2,1H3,(H,24,27). The van der Waals surface area contributed by atoms with Crippen molar-refractivity contribution in [1.82, 2.24) is 5.32 Å². The molecule has 0 atom stereocenters. The molecule has 1 N–H and O–H groups in total. The molecule has 1 aliphatic rings. The van der Waals surface area contributed by atoms with Crippen LogP contribution < -0.4 is 15.0 Å². The average molecular weight is 380 g/mol. The van der Waals surface area contributed by atoms with Crippen LogP contribution in [0.5, 0.6) is 11.5 Å². The summed E-state index contributed by atoms with van der Waals surface area (Å²) in [4.78, 5) is 26.1. The molecule has 0 spiro atoms. The molecule has 1 fully saturated rings. The SMILES string of the molecule is CC(=O)N(CC(=O)NC1CCCCCC1)c1ccc(Oc2ccccc2)cc1. The predicted octanol–water partition coefficient (Wildman–Crippen LogP) is 4.67. The number of ether oxygens (including phenoxy) is 1. The summed E-state index contributed by atoms with van der Waals surface area (Å²) >= 11 is 0. The van der Waals surface area contributed by atoms with Gasteiger partial charge in [0.2, 0.25) is 11.8 Å². The van der Waals surface area contributed by atoms with Crippen molar-refractivity contribution >= 4 is 17.5 Å². The second kappa shape index (κ2) is 9.93. The first kappa shape index (κ1) is 19.9. The molecule has 0 unspecified atom stereocenters. The molecule has 0 heterocycles. The third kappa shape index (κ3) is 5.84. The number of anilines is 1. The third-order valence-electron chi connectivity index (χ3n) is 5.03. The second-order valence-corrected chi connectivity index (χ2v) is 7.27. The summed E-state index contributed by atoms with van der Waals surface area (Å²) in [6.07, 6.45) is 6.84. The predicted molar refractivity (Wildman–Crippen MR) is 111 cm³/mol. The Morgan fingerprint density at radius 3 is 2.14 bits per heavy atom. The van der Waals surface area contributed by atoms with E-state index in [1.165, 1.54) is 24.7 Å². The quantitative estimate of drug-likeness (QED) is 0.741. The van der Waals surface area contributed by atoms with E-state index in [1.807, 2.05) is 42.5 Å². The first-order valence-corrected chi connectivity index (χ1v) is 10.0. The molecule has 0 aromatic heterocycles. The number of para-hydroxylation sites is 1. The normalized spacial score (nSPS) is 14.8. The van der Waals surface area contributed by atoms with E-state index in [9.17, 15) is 9.59 Å². The van der Waals surface area contributed by atoms with Gasteiger partial charge in [0.15, 0.2) is 0 Å². The van der Waals surface area contributed by atoms with Gasteiger partial charge >= 0.3 is 0 Å². The third-order valence-corrected chi connectivity index (χ3v) is 5.03. The van der Waals surface area contributed by atoms with Crippen molar-refractivity contribution in [1.29, 1.82) is 0 Å². The van der Waals surface area contributed by atoms with Crippen LogP contribution in [0.1, 0.15) is 45.4 Å². The van der Waals surface area contributed by atoms with E-state index in [4.69, 9.17) is 4.74 Å². The van der Waals surface area contributed by atoms with Gasteiger partial charge in [0, 0.05) is 18.7 Å². The molecule has 0 bridgehead atoms. The van der Waals surface area contributed by atoms with Gasteiger partial charge in [0.1, 0.15) is 18.0 Å². The van der Waals surface area contributed by atoms with Gasteiger partial charge in [-0.05, 0) is 49.2 Å². The Hall–Kier alpha value is -2.82. The van der Waals surface area contributed by atoms with E-state index < -0.39 is 0 Å². The maximum atomic E-state index is 12.5. The summed E-state index contributed by atoms with van der Waals surface area (Å²) in [5.74, 6) is 1.17. The largest absolute Gasteiger partial charge is 0.457 e. The van der Waals surface area contributed by atoms with Gasteiger partial charge in [-0.15, -0.1) is 0 Å². The van der Waals surface area contributed by atoms with Crippen LogP contribution in [0.2, 0.25) is 0 Å². The van der Waals surface area contributed by atoms with Gasteiger partial charge in [-0.1, -0.05) is 43.9 Å². The van der Waals surface area contributed by atoms with Crippen LogP contribution in [-0.4, -0.2) is 24.4 Å². The highest BCUT2D eigenvalue weighted by Gasteiger charge is 2.19. The molecular formula is C23H28N2O3. The highest BCUT2D eigenvalue weighted by atomic mass is 16.5. The second-order valence-electron chi connectivity index (χ2n) is 7.27. The molecule has 2 aromatic carbocycles. The minimum absolute atomic E-state index is 0.0325. The van der Waals surface area contributed by atoms with Crippen LogP contribution in [0.15, 0.2) is 54.6 Å². The lowest BCUT2D eigenvalue weighted by atomic mass is 10.1. The molecule has 5 nitrogen and oxygen atoms in total. The molecule has 3 rings (SSSR count). The highest BCUT2D eigenvalue weighted by molar-refractivity contribution is 5.97. The summed E-state index contributed by atoms with van der Waals surface area (Å²) in [5, 5.41) is 3.10. The number of carbonyl (C=O) groups is 2. The van der Waals surface area contributed by atoms with Gasteiger partial charge < -0.3 is 15.0 Å². The Labute approximate surface area is 166 Å². The van der Waals surface area contributed by atoms with E-state index in [1.54, 1.807) is 12.1 Å². The van der Waals surface area contributed by atoms with Crippen molar-refractivity contribution in [3.8, 4) is 11.5 Å². The maximum Gasteiger partial charge on any atom is 0.240 e. The lowest BCUT2D eigenvalue weighted by Gasteiger charge is -2.23. The van der Waals surface area contributed by atoms with Crippen molar-refractivity contribution < 1.29 is 14.3 Å². The smallest absolute Gasteiger partial charge is 0.240 e. The van der Waals surface area contributed by atoms with Crippen LogP contribution in [-0.2, 0) is 9.59 Å². The fraction of sp³-hybridized carbons (Fsp3) is 0.391. The van der Waals surface area contributed by atoms with Crippen LogP contribution in [0.4, 0.5) is 5.69 Å². The molecule has 148 valence electrons. The fourth-order valence-corrected chi connectivity index (χ4v) is 3.54. The Bertz CT molecular complexity index is 766. The first-order chi connectivity index (χ1) is 13.6. The number of rotatable bonds is 6. The Balaban J connectivity index is 1.61. The summed E-state index contributed by atoms with van der Waals surface area (Å²) in [5.41, 5.74) is 0.684. The Morgan fingerprint density at radius 2 is 1.54 bits per heavy atom. The number of carbonyl (C=O) groups excluding carboxylic acids is 2. The van der Waals surface area contributed by atoms with Crippen LogP contribution in [0, 0.1) is 0 Å². The maximum absolute atomic E-state index is 12.5. The first-order valence-electron chi connectivity index (χ1n) is 10.0. The zero-order valence-electron chi connectivity index (χ0n) is 16.4. The van der Waals surface area contributed by atoms with E-state index in [2.05, 4.69) is 5.32 Å². The van der Waals surface area contributed by atoms with Crippen molar-refractivity contribution in [2.24, 2.45) is 0 Å². The average Bonchev–Trinajstić information content (AvgIpc) is 2.96. The number of nitrogens with one attached hydrogen (secondary N) is 1. The summed E-state index contributed by atoms with van der Waals surface area (Å²) in [7, 11) is 0. The van der Waals surface area contributed by atoms with Gasteiger partial charge in [0.25, 0.3) is 0 Å². The zero-order chi connectivity index (χ0) is 19.8. The van der Waals surface area contributed by atoms with Gasteiger partial charge in [0.05, 0.1) is 0 Å². The Morgan fingerprint density at radius 1 is 0.929 bits per heavy atom. The molecule has 0 radical (unpaired) electrons. The molecule has 0 saturated heterocycles. The highest BCUT2D eigenvalue weighted by Crippen LogP contribution is 2.24. The lowest BCUT2D eigenvalue weighted by molar-refractivity contribution is -0.123. The van der Waals surface area contributed by atoms with Crippen molar-refractivity contribution in [3.05, 3.63) is 54.6 Å². The monoisotopic (exact) mass is 380 g/mol. The number of benzene rings is 2. The molecule has 1 saturated carbocycles. The van der Waals surface area contributed by atoms with Crippen LogP contribution in [0.25, 0.3) is 0 Å². The number of hydrogen-bond acceptors (Lipinski definition) is 3. The number of hydrogen-bond donors (Lipinski definition) is 1. The molecule has 0 aliphatic heterocycles. The van der Waals surface area contributed by atoms with Gasteiger partial charge in [-0.2, -0.15) is 0 Å². The minimum atomic E-state index is -0.159. The van der Waals surface area contributed by atoms with Crippen molar-refractivity contribution in [2.45, 2.75) is 51.5 Å². The van der Waals surface area contributed by atoms with E-state index in [0.717, 1.165) is 31.4 Å². The molecular weight excluding hydrogens is 352 g/mol. The molecule has 2 amide bonds. The van der Waals surface area contributed by atoms with E-state index in [0.29, 0.717) is 11.4 Å². The van der Waals surface area contributed by atoms with Crippen molar-refractivity contribution in [2.75, 3.05) is 11.4 Å². The molecule has 2 aromatic rings. The topological polar surface area (TPSA) is 58.6 Å². The summed E-state index contributed by atoms with van der Waals surface area (Å²) in [6.45, 7) is 1.51. The number of nitrogens with zero attached hydrogens (tertiary/aromatic N) is 1. The number of amides is 2. The van der Waals surface area contributed by atoms with E-state index >= 15 is 0 Å². The lowest BCUT2D eigenvalue weighted by Crippen LogP contribution is -2.43. The minimum Gasteiger partial charge on any atom is -0.457 e. The molecule has 28 heavy (non-hydrogen) atoms. The van der Waals surface area contributed by atoms with Crippen LogP contribution >= 0.6 is 0 Å². The van der Waals surface area contributed by atoms with E-state index in [-0.39, 0.29) is 24.4 Å². The van der Waals surface area contributed by atoms with Crippen LogP contribution in [0.3, 0.4) is 0 Å². The fourth-order valence-electron chi connectivity index (χ4n) is 3.54. The molecule has 5 heteroatoms. The Kier molecular flexibility index (Phi) is 7.06. The van der Waals surface area contributed by atoms with Gasteiger partial charge in [-0.25, -0.2) is 0 Å². The van der Waals surface area contributed by atoms with Gasteiger partial charge in [-0.3, -0.25) is 9.59 Å². The van der Waals surface area contributed by atoms with Crippen molar-refractivity contribution in [3.63, 3.8) is 0 Å².